The normalized spacial score (nSPS) is 17.4. The molecule has 3 rings (SSSR count). The highest BCUT2D eigenvalue weighted by Gasteiger charge is 2.30. The van der Waals surface area contributed by atoms with Gasteiger partial charge in [-0.05, 0) is 36.1 Å². The maximum atomic E-state index is 12.0. The van der Waals surface area contributed by atoms with Crippen molar-refractivity contribution in [1.82, 2.24) is 0 Å². The molecule has 2 nitrogen and oxygen atoms in total. The largest absolute Gasteiger partial charge is 0.325 e. The van der Waals surface area contributed by atoms with E-state index >= 15 is 0 Å². The third-order valence-electron chi connectivity index (χ3n) is 3.60. The molecule has 0 spiro atoms. The number of carbonyl (C=O) groups excluding carboxylic acids is 1. The fourth-order valence-electron chi connectivity index (χ4n) is 2.54. The molecule has 2 heteroatoms. The van der Waals surface area contributed by atoms with Gasteiger partial charge in [-0.1, -0.05) is 42.5 Å². The topological polar surface area (TPSA) is 29.1 Å². The zero-order valence-electron chi connectivity index (χ0n) is 10.3. The summed E-state index contributed by atoms with van der Waals surface area (Å²) in [5.41, 5.74) is 4.57. The maximum absolute atomic E-state index is 12.0. The van der Waals surface area contributed by atoms with Crippen LogP contribution in [0.2, 0.25) is 0 Å². The van der Waals surface area contributed by atoms with Crippen molar-refractivity contribution in [3.63, 3.8) is 0 Å². The van der Waals surface area contributed by atoms with Gasteiger partial charge in [0.2, 0.25) is 5.91 Å². The van der Waals surface area contributed by atoms with E-state index in [4.69, 9.17) is 0 Å². The zero-order chi connectivity index (χ0) is 12.5. The number of fused-ring (bicyclic) bond motifs is 1. The maximum Gasteiger partial charge on any atom is 0.232 e. The van der Waals surface area contributed by atoms with Gasteiger partial charge in [0.1, 0.15) is 0 Å². The van der Waals surface area contributed by atoms with Crippen LogP contribution in [0.3, 0.4) is 0 Å². The first-order chi connectivity index (χ1) is 8.75. The quantitative estimate of drug-likeness (QED) is 0.853. The Morgan fingerprint density at radius 1 is 1.06 bits per heavy atom. The third kappa shape index (κ3) is 1.80. The number of anilines is 1. The van der Waals surface area contributed by atoms with Crippen LogP contribution < -0.4 is 5.32 Å². The summed E-state index contributed by atoms with van der Waals surface area (Å²) in [6, 6.07) is 16.2. The third-order valence-corrected chi connectivity index (χ3v) is 3.60. The first kappa shape index (κ1) is 11.0. The Kier molecular flexibility index (Phi) is 2.63. The van der Waals surface area contributed by atoms with E-state index in [1.165, 1.54) is 11.1 Å². The molecular weight excluding hydrogens is 222 g/mol. The molecule has 18 heavy (non-hydrogen) atoms. The van der Waals surface area contributed by atoms with E-state index in [0.29, 0.717) is 0 Å². The summed E-state index contributed by atoms with van der Waals surface area (Å²) in [5.74, 6) is 0.0572. The predicted octanol–water partition coefficient (Wildman–Crippen LogP) is 3.27. The Bertz CT molecular complexity index is 604. The van der Waals surface area contributed by atoms with Gasteiger partial charge in [0.15, 0.2) is 0 Å². The monoisotopic (exact) mass is 237 g/mol. The predicted molar refractivity (Wildman–Crippen MR) is 72.7 cm³/mol. The van der Waals surface area contributed by atoms with Gasteiger partial charge in [0.25, 0.3) is 0 Å². The van der Waals surface area contributed by atoms with Crippen molar-refractivity contribution >= 4 is 11.6 Å². The van der Waals surface area contributed by atoms with E-state index < -0.39 is 0 Å². The lowest BCUT2D eigenvalue weighted by atomic mass is 9.91. The SMILES string of the molecule is Cc1ccccc1C[C@@H]1C(=O)Nc2ccccc21. The molecule has 0 saturated heterocycles. The standard InChI is InChI=1S/C16H15NO/c1-11-6-2-3-7-12(11)10-14-13-8-4-5-9-15(13)17-16(14)18/h2-9,14H,10H2,1H3,(H,17,18)/t14-/m0/s1. The molecule has 0 unspecified atom stereocenters. The van der Waals surface area contributed by atoms with Gasteiger partial charge < -0.3 is 5.32 Å². The van der Waals surface area contributed by atoms with Crippen LogP contribution in [0.25, 0.3) is 0 Å². The number of benzene rings is 2. The van der Waals surface area contributed by atoms with Crippen LogP contribution in [0, 0.1) is 6.92 Å². The van der Waals surface area contributed by atoms with Crippen LogP contribution in [-0.4, -0.2) is 5.91 Å². The first-order valence-electron chi connectivity index (χ1n) is 6.20. The molecule has 0 fully saturated rings. The lowest BCUT2D eigenvalue weighted by molar-refractivity contribution is -0.117. The number of amides is 1. The smallest absolute Gasteiger partial charge is 0.232 e. The van der Waals surface area contributed by atoms with Crippen molar-refractivity contribution in [2.45, 2.75) is 19.3 Å². The fourth-order valence-corrected chi connectivity index (χ4v) is 2.54. The summed E-state index contributed by atoms with van der Waals surface area (Å²) in [7, 11) is 0. The van der Waals surface area contributed by atoms with Gasteiger partial charge in [0.05, 0.1) is 5.92 Å². The minimum atomic E-state index is -0.0534. The Labute approximate surface area is 107 Å². The van der Waals surface area contributed by atoms with E-state index in [2.05, 4.69) is 24.4 Å². The number of hydrogen-bond donors (Lipinski definition) is 1. The summed E-state index contributed by atoms with van der Waals surface area (Å²) >= 11 is 0. The van der Waals surface area contributed by atoms with Crippen molar-refractivity contribution in [1.29, 1.82) is 0 Å². The molecule has 2 aromatic carbocycles. The molecule has 0 aromatic heterocycles. The summed E-state index contributed by atoms with van der Waals surface area (Å²) in [4.78, 5) is 12.0. The van der Waals surface area contributed by atoms with Crippen LogP contribution >= 0.6 is 0 Å². The highest BCUT2D eigenvalue weighted by Crippen LogP contribution is 2.34. The van der Waals surface area contributed by atoms with E-state index in [9.17, 15) is 4.79 Å². The minimum absolute atomic E-state index is 0.0534. The molecule has 0 radical (unpaired) electrons. The van der Waals surface area contributed by atoms with Crippen molar-refractivity contribution < 1.29 is 4.79 Å². The average molecular weight is 237 g/mol. The molecule has 1 aliphatic rings. The molecule has 1 heterocycles. The number of carbonyl (C=O) groups is 1. The molecule has 0 saturated carbocycles. The first-order valence-corrected chi connectivity index (χ1v) is 6.20. The van der Waals surface area contributed by atoms with Crippen molar-refractivity contribution in [2.75, 3.05) is 5.32 Å². The van der Waals surface area contributed by atoms with Crippen molar-refractivity contribution in [2.24, 2.45) is 0 Å². The van der Waals surface area contributed by atoms with Crippen LogP contribution in [0.4, 0.5) is 5.69 Å². The van der Waals surface area contributed by atoms with Crippen molar-refractivity contribution in [3.05, 3.63) is 65.2 Å². The van der Waals surface area contributed by atoms with Crippen molar-refractivity contribution in [3.8, 4) is 0 Å². The summed E-state index contributed by atoms with van der Waals surface area (Å²) in [6.07, 6.45) is 0.773. The molecule has 1 atom stereocenters. The summed E-state index contributed by atoms with van der Waals surface area (Å²) in [6.45, 7) is 2.09. The van der Waals surface area contributed by atoms with E-state index in [0.717, 1.165) is 17.7 Å². The van der Waals surface area contributed by atoms with Crippen LogP contribution in [-0.2, 0) is 11.2 Å². The van der Waals surface area contributed by atoms with E-state index in [1.54, 1.807) is 0 Å². The van der Waals surface area contributed by atoms with Gasteiger partial charge in [0, 0.05) is 5.69 Å². The Hall–Kier alpha value is -2.09. The number of para-hydroxylation sites is 1. The molecule has 90 valence electrons. The number of nitrogens with one attached hydrogen (secondary N) is 1. The second-order valence-corrected chi connectivity index (χ2v) is 4.76. The number of hydrogen-bond acceptors (Lipinski definition) is 1. The highest BCUT2D eigenvalue weighted by molar-refractivity contribution is 6.03. The van der Waals surface area contributed by atoms with Gasteiger partial charge in [-0.15, -0.1) is 0 Å². The highest BCUT2D eigenvalue weighted by atomic mass is 16.2. The van der Waals surface area contributed by atoms with Gasteiger partial charge in [-0.2, -0.15) is 0 Å². The van der Waals surface area contributed by atoms with Crippen LogP contribution in [0.5, 0.6) is 0 Å². The van der Waals surface area contributed by atoms with E-state index in [1.807, 2.05) is 36.4 Å². The number of rotatable bonds is 2. The van der Waals surface area contributed by atoms with Gasteiger partial charge in [-0.25, -0.2) is 0 Å². The second-order valence-electron chi connectivity index (χ2n) is 4.76. The Balaban J connectivity index is 1.94. The van der Waals surface area contributed by atoms with Crippen LogP contribution in [0.1, 0.15) is 22.6 Å². The van der Waals surface area contributed by atoms with Gasteiger partial charge >= 0.3 is 0 Å². The molecule has 0 aliphatic carbocycles. The molecule has 0 bridgehead atoms. The summed E-state index contributed by atoms with van der Waals surface area (Å²) in [5, 5.41) is 2.95. The Morgan fingerprint density at radius 2 is 1.78 bits per heavy atom. The summed E-state index contributed by atoms with van der Waals surface area (Å²) < 4.78 is 0. The molecule has 2 aromatic rings. The molecule has 1 aliphatic heterocycles. The average Bonchev–Trinajstić information content (AvgIpc) is 2.69. The molecular formula is C16H15NO. The second kappa shape index (κ2) is 4.30. The Morgan fingerprint density at radius 3 is 2.61 bits per heavy atom. The lowest BCUT2D eigenvalue weighted by Crippen LogP contribution is -2.14. The van der Waals surface area contributed by atoms with Crippen LogP contribution in [0.15, 0.2) is 48.5 Å². The fraction of sp³-hybridized carbons (Fsp3) is 0.188. The molecule has 1 amide bonds. The number of aryl methyl sites for hydroxylation is 1. The zero-order valence-corrected chi connectivity index (χ0v) is 10.3. The minimum Gasteiger partial charge on any atom is -0.325 e. The lowest BCUT2D eigenvalue weighted by Gasteiger charge is -2.11. The molecule has 1 N–H and O–H groups in total. The van der Waals surface area contributed by atoms with E-state index in [-0.39, 0.29) is 11.8 Å². The van der Waals surface area contributed by atoms with Gasteiger partial charge in [-0.3, -0.25) is 4.79 Å².